The first-order valence-electron chi connectivity index (χ1n) is 11.2. The molecule has 1 N–H and O–H groups in total. The maximum Gasteiger partial charge on any atom is 0.268 e. The maximum absolute atomic E-state index is 13.6. The van der Waals surface area contributed by atoms with Crippen LogP contribution < -0.4 is 20.3 Å². The van der Waals surface area contributed by atoms with Crippen LogP contribution in [0.1, 0.15) is 52.1 Å². The lowest BCUT2D eigenvalue weighted by Gasteiger charge is -2.31. The predicted molar refractivity (Wildman–Crippen MR) is 134 cm³/mol. The van der Waals surface area contributed by atoms with Crippen LogP contribution in [0.4, 0.5) is 0 Å². The number of carbonyl (C=O) groups excluding carboxylic acids is 2. The Balaban J connectivity index is 1.80. The summed E-state index contributed by atoms with van der Waals surface area (Å²) in [6.45, 7) is 4.03. The Hall–Kier alpha value is -3.58. The van der Waals surface area contributed by atoms with Gasteiger partial charge in [-0.2, -0.15) is 0 Å². The van der Waals surface area contributed by atoms with Gasteiger partial charge in [-0.05, 0) is 59.9 Å². The van der Waals surface area contributed by atoms with E-state index in [0.717, 1.165) is 0 Å². The van der Waals surface area contributed by atoms with Crippen molar-refractivity contribution in [2.24, 2.45) is 5.41 Å². The topological polar surface area (TPSA) is 86.6 Å². The molecular weight excluding hydrogens is 468 g/mol. The fourth-order valence-electron chi connectivity index (χ4n) is 4.46. The van der Waals surface area contributed by atoms with E-state index >= 15 is 0 Å². The summed E-state index contributed by atoms with van der Waals surface area (Å²) < 4.78 is 12.0. The number of rotatable bonds is 6. The second kappa shape index (κ2) is 9.58. The number of hydrogen-bond acceptors (Lipinski definition) is 5. The number of nitrogens with one attached hydrogen (secondary N) is 1. The Bertz CT molecular complexity index is 1360. The summed E-state index contributed by atoms with van der Waals surface area (Å²) in [5.41, 5.74) is 1.20. The van der Waals surface area contributed by atoms with Gasteiger partial charge in [0.2, 0.25) is 0 Å². The zero-order valence-corrected chi connectivity index (χ0v) is 20.9. The lowest BCUT2D eigenvalue weighted by molar-refractivity contribution is 0.0908. The Morgan fingerprint density at radius 3 is 2.43 bits per heavy atom. The van der Waals surface area contributed by atoms with E-state index in [4.69, 9.17) is 21.1 Å². The number of nitrogens with zero attached hydrogens (tertiary/aromatic N) is 1. The number of ether oxygens (including phenoxy) is 2. The van der Waals surface area contributed by atoms with Gasteiger partial charge in [-0.3, -0.25) is 19.0 Å². The van der Waals surface area contributed by atoms with Crippen LogP contribution in [0.5, 0.6) is 11.5 Å². The van der Waals surface area contributed by atoms with Crippen LogP contribution in [0.2, 0.25) is 5.02 Å². The quantitative estimate of drug-likeness (QED) is 0.541. The first kappa shape index (κ1) is 24.5. The van der Waals surface area contributed by atoms with Gasteiger partial charge in [0.05, 0.1) is 14.2 Å². The summed E-state index contributed by atoms with van der Waals surface area (Å²) in [7, 11) is 3.09. The van der Waals surface area contributed by atoms with Crippen molar-refractivity contribution in [1.29, 1.82) is 0 Å². The second-order valence-electron chi connectivity index (χ2n) is 9.35. The molecule has 8 heteroatoms. The Morgan fingerprint density at radius 1 is 1.06 bits per heavy atom. The predicted octanol–water partition coefficient (Wildman–Crippen LogP) is 4.59. The van der Waals surface area contributed by atoms with Gasteiger partial charge < -0.3 is 14.8 Å². The lowest BCUT2D eigenvalue weighted by Crippen LogP contribution is -2.38. The largest absolute Gasteiger partial charge is 0.497 e. The highest BCUT2D eigenvalue weighted by Gasteiger charge is 2.36. The molecule has 182 valence electrons. The van der Waals surface area contributed by atoms with Crippen molar-refractivity contribution < 1.29 is 19.1 Å². The van der Waals surface area contributed by atoms with Crippen molar-refractivity contribution in [2.75, 3.05) is 14.2 Å². The number of carbonyl (C=O) groups is 2. The molecule has 0 unspecified atom stereocenters. The van der Waals surface area contributed by atoms with Crippen LogP contribution in [0, 0.1) is 5.41 Å². The zero-order valence-electron chi connectivity index (χ0n) is 20.1. The Kier molecular flexibility index (Phi) is 6.72. The number of aromatic nitrogens is 1. The van der Waals surface area contributed by atoms with E-state index in [1.807, 2.05) is 13.8 Å². The third kappa shape index (κ3) is 4.95. The third-order valence-electron chi connectivity index (χ3n) is 6.17. The molecule has 0 aliphatic heterocycles. The number of methoxy groups -OCH3 is 2. The molecule has 0 saturated carbocycles. The van der Waals surface area contributed by atoms with Gasteiger partial charge in [0.1, 0.15) is 17.1 Å². The van der Waals surface area contributed by atoms with Crippen molar-refractivity contribution in [3.05, 3.63) is 86.3 Å². The summed E-state index contributed by atoms with van der Waals surface area (Å²) in [6, 6.07) is 11.9. The van der Waals surface area contributed by atoms with Gasteiger partial charge in [-0.25, -0.2) is 0 Å². The monoisotopic (exact) mass is 494 g/mol. The van der Waals surface area contributed by atoms with Crippen LogP contribution in [-0.4, -0.2) is 30.5 Å². The highest BCUT2D eigenvalue weighted by Crippen LogP contribution is 2.36. The minimum atomic E-state index is -0.551. The Labute approximate surface area is 208 Å². The van der Waals surface area contributed by atoms with E-state index in [1.165, 1.54) is 4.57 Å². The summed E-state index contributed by atoms with van der Waals surface area (Å²) in [4.78, 5) is 40.2. The molecule has 0 atom stereocenters. The first-order valence-corrected chi connectivity index (χ1v) is 11.6. The van der Waals surface area contributed by atoms with E-state index in [-0.39, 0.29) is 23.3 Å². The van der Waals surface area contributed by atoms with Crippen molar-refractivity contribution in [1.82, 2.24) is 9.88 Å². The van der Waals surface area contributed by atoms with Crippen molar-refractivity contribution in [3.8, 4) is 17.2 Å². The molecule has 1 amide bonds. The highest BCUT2D eigenvalue weighted by molar-refractivity contribution is 6.30. The van der Waals surface area contributed by atoms with Gasteiger partial charge >= 0.3 is 0 Å². The first-order chi connectivity index (χ1) is 16.6. The average Bonchev–Trinajstić information content (AvgIpc) is 2.82. The fraction of sp³-hybridized carbons (Fsp3) is 0.296. The molecule has 1 aliphatic rings. The van der Waals surface area contributed by atoms with E-state index in [9.17, 15) is 14.4 Å². The molecule has 1 aliphatic carbocycles. The van der Waals surface area contributed by atoms with Gasteiger partial charge in [-0.15, -0.1) is 0 Å². The summed E-state index contributed by atoms with van der Waals surface area (Å²) in [5.74, 6) is 0.549. The number of benzene rings is 2. The third-order valence-corrected chi connectivity index (χ3v) is 6.42. The molecule has 35 heavy (non-hydrogen) atoms. The number of halogens is 1. The maximum atomic E-state index is 13.6. The summed E-state index contributed by atoms with van der Waals surface area (Å²) in [6.07, 6.45) is 2.32. The number of fused-ring (bicyclic) bond motifs is 1. The van der Waals surface area contributed by atoms with Crippen LogP contribution in [0.25, 0.3) is 5.69 Å². The second-order valence-corrected chi connectivity index (χ2v) is 9.79. The fourth-order valence-corrected chi connectivity index (χ4v) is 4.58. The van der Waals surface area contributed by atoms with Crippen LogP contribution in [-0.2, 0) is 13.0 Å². The molecule has 0 spiro atoms. The van der Waals surface area contributed by atoms with E-state index < -0.39 is 11.5 Å². The molecule has 0 radical (unpaired) electrons. The Morgan fingerprint density at radius 2 is 1.77 bits per heavy atom. The molecule has 4 rings (SSSR count). The normalized spacial score (nSPS) is 14.3. The van der Waals surface area contributed by atoms with E-state index in [2.05, 4.69) is 5.32 Å². The molecule has 3 aromatic rings. The van der Waals surface area contributed by atoms with Crippen molar-refractivity contribution in [2.45, 2.75) is 33.2 Å². The smallest absolute Gasteiger partial charge is 0.268 e. The number of Topliss-reactive ketones (excluding diaryl/α,β-unsaturated/α-hetero) is 1. The molecule has 1 aromatic heterocycles. The molecule has 2 aromatic carbocycles. The molecule has 1 heterocycles. The molecule has 0 bridgehead atoms. The molecule has 0 fully saturated rings. The molecule has 0 saturated heterocycles. The van der Waals surface area contributed by atoms with Gasteiger partial charge in [0.15, 0.2) is 5.78 Å². The van der Waals surface area contributed by atoms with Crippen LogP contribution >= 0.6 is 11.6 Å². The number of pyridine rings is 1. The van der Waals surface area contributed by atoms with Gasteiger partial charge in [0.25, 0.3) is 11.5 Å². The standard InChI is InChI=1S/C27H27ClN2O5/c1-27(2)12-20-21(22(31)13-27)15-30(18-7-5-17(28)6-8-18)26(33)24(20)25(32)29-14-16-11-19(34-3)9-10-23(16)35-4/h5-11,15H,12-14H2,1-4H3,(H,29,32). The summed E-state index contributed by atoms with van der Waals surface area (Å²) >= 11 is 6.01. The van der Waals surface area contributed by atoms with Crippen LogP contribution in [0.3, 0.4) is 0 Å². The van der Waals surface area contributed by atoms with Gasteiger partial charge in [-0.1, -0.05) is 25.4 Å². The van der Waals surface area contributed by atoms with Crippen molar-refractivity contribution >= 4 is 23.3 Å². The van der Waals surface area contributed by atoms with Crippen LogP contribution in [0.15, 0.2) is 53.5 Å². The molecule has 7 nitrogen and oxygen atoms in total. The number of hydrogen-bond donors (Lipinski definition) is 1. The van der Waals surface area contributed by atoms with Crippen molar-refractivity contribution in [3.63, 3.8) is 0 Å². The molecular formula is C27H27ClN2O5. The number of amides is 1. The zero-order chi connectivity index (χ0) is 25.3. The number of ketones is 1. The van der Waals surface area contributed by atoms with Gasteiger partial charge in [0, 0.05) is 41.0 Å². The lowest BCUT2D eigenvalue weighted by atomic mass is 9.73. The minimum Gasteiger partial charge on any atom is -0.497 e. The van der Waals surface area contributed by atoms with E-state index in [1.54, 1.807) is 62.9 Å². The SMILES string of the molecule is COc1ccc(OC)c(CNC(=O)c2c3c(cn(-c4ccc(Cl)cc4)c2=O)C(=O)CC(C)(C)C3)c1. The highest BCUT2D eigenvalue weighted by atomic mass is 35.5. The minimum absolute atomic E-state index is 0.0274. The van der Waals surface area contributed by atoms with E-state index in [0.29, 0.717) is 51.7 Å². The average molecular weight is 495 g/mol. The summed E-state index contributed by atoms with van der Waals surface area (Å²) in [5, 5.41) is 3.36.